The molecule has 1 aromatic heterocycles. The van der Waals surface area contributed by atoms with Gasteiger partial charge in [0.05, 0.1) is 30.5 Å². The predicted molar refractivity (Wildman–Crippen MR) is 109 cm³/mol. The maximum Gasteiger partial charge on any atom is 0.279 e. The van der Waals surface area contributed by atoms with Gasteiger partial charge in [0.25, 0.3) is 5.56 Å². The van der Waals surface area contributed by atoms with Crippen LogP contribution in [0.1, 0.15) is 5.56 Å². The average molecular weight is 420 g/mol. The van der Waals surface area contributed by atoms with Crippen molar-refractivity contribution in [1.82, 2.24) is 15.2 Å². The van der Waals surface area contributed by atoms with Crippen LogP contribution in [0.15, 0.2) is 46.3 Å². The van der Waals surface area contributed by atoms with E-state index < -0.39 is 5.56 Å². The minimum absolute atomic E-state index is 0.0872. The fourth-order valence-corrected chi connectivity index (χ4v) is 3.00. The Kier molecular flexibility index (Phi) is 6.13. The summed E-state index contributed by atoms with van der Waals surface area (Å²) in [5.74, 6) is 1.15. The number of methoxy groups -OCH3 is 2. The van der Waals surface area contributed by atoms with E-state index in [0.29, 0.717) is 32.7 Å². The Labute approximate surface area is 170 Å². The normalized spacial score (nSPS) is 10.9. The molecule has 3 aromatic rings. The van der Waals surface area contributed by atoms with Gasteiger partial charge >= 0.3 is 0 Å². The van der Waals surface area contributed by atoms with Crippen molar-refractivity contribution in [3.63, 3.8) is 0 Å². The molecule has 0 unspecified atom stereocenters. The summed E-state index contributed by atoms with van der Waals surface area (Å²) in [7, 11) is 3.05. The Balaban J connectivity index is 1.74. The van der Waals surface area contributed by atoms with Crippen molar-refractivity contribution in [3.8, 4) is 22.8 Å². The van der Waals surface area contributed by atoms with Crippen molar-refractivity contribution in [2.45, 2.75) is 0 Å². The molecular formula is C18H15Cl2N5O3. The Morgan fingerprint density at radius 3 is 2.32 bits per heavy atom. The zero-order chi connectivity index (χ0) is 20.1. The van der Waals surface area contributed by atoms with Crippen LogP contribution in [0, 0.1) is 0 Å². The summed E-state index contributed by atoms with van der Waals surface area (Å²) in [5.41, 5.74) is 3.63. The number of hydrogen-bond donors (Lipinski definition) is 2. The summed E-state index contributed by atoms with van der Waals surface area (Å²) in [6.07, 6.45) is 1.47. The van der Waals surface area contributed by atoms with Gasteiger partial charge in [0.15, 0.2) is 11.4 Å². The molecule has 28 heavy (non-hydrogen) atoms. The largest absolute Gasteiger partial charge is 0.497 e. The molecule has 0 aliphatic carbocycles. The van der Waals surface area contributed by atoms with Crippen LogP contribution < -0.4 is 20.5 Å². The summed E-state index contributed by atoms with van der Waals surface area (Å²) in [4.78, 5) is 14.8. The van der Waals surface area contributed by atoms with Crippen LogP contribution >= 0.6 is 23.2 Å². The highest BCUT2D eigenvalue weighted by Gasteiger charge is 2.09. The molecule has 0 atom stereocenters. The van der Waals surface area contributed by atoms with E-state index in [1.165, 1.54) is 13.3 Å². The van der Waals surface area contributed by atoms with Gasteiger partial charge in [-0.15, -0.1) is 10.2 Å². The minimum atomic E-state index is -0.409. The molecule has 144 valence electrons. The molecule has 0 bridgehead atoms. The molecule has 0 amide bonds. The van der Waals surface area contributed by atoms with E-state index in [-0.39, 0.29) is 11.6 Å². The minimum Gasteiger partial charge on any atom is -0.497 e. The first-order chi connectivity index (χ1) is 13.5. The van der Waals surface area contributed by atoms with E-state index in [4.69, 9.17) is 32.7 Å². The molecule has 10 heteroatoms. The standard InChI is InChI=1S/C18H15Cl2N5O3/c1-27-12-5-3-11(4-6-12)15-17(26)22-18(25-23-15)24-21-9-10-7-13(19)16(28-2)14(20)8-10/h3-9H,1-2H3,(H2,22,24,25,26)/b21-9+. The second kappa shape index (κ2) is 8.73. The number of nitrogens with zero attached hydrogens (tertiary/aromatic N) is 3. The molecule has 0 saturated heterocycles. The number of nitrogens with one attached hydrogen (secondary N) is 2. The molecule has 1 heterocycles. The second-order valence-corrected chi connectivity index (χ2v) is 6.28. The molecule has 0 radical (unpaired) electrons. The third kappa shape index (κ3) is 4.41. The van der Waals surface area contributed by atoms with E-state index in [1.54, 1.807) is 43.5 Å². The van der Waals surface area contributed by atoms with Crippen molar-refractivity contribution in [3.05, 3.63) is 62.4 Å². The van der Waals surface area contributed by atoms with Crippen LogP contribution in [0.5, 0.6) is 11.5 Å². The van der Waals surface area contributed by atoms with Gasteiger partial charge in [0, 0.05) is 5.56 Å². The maximum atomic E-state index is 12.3. The monoisotopic (exact) mass is 419 g/mol. The van der Waals surface area contributed by atoms with E-state index in [9.17, 15) is 4.79 Å². The summed E-state index contributed by atoms with van der Waals surface area (Å²) in [6.45, 7) is 0. The summed E-state index contributed by atoms with van der Waals surface area (Å²) in [6, 6.07) is 10.2. The highest BCUT2D eigenvalue weighted by molar-refractivity contribution is 6.37. The molecule has 8 nitrogen and oxygen atoms in total. The van der Waals surface area contributed by atoms with Crippen LogP contribution in [-0.4, -0.2) is 35.6 Å². The smallest absolute Gasteiger partial charge is 0.279 e. The lowest BCUT2D eigenvalue weighted by molar-refractivity contribution is 0.415. The van der Waals surface area contributed by atoms with Crippen LogP contribution in [0.2, 0.25) is 10.0 Å². The fourth-order valence-electron chi connectivity index (χ4n) is 2.34. The second-order valence-electron chi connectivity index (χ2n) is 5.47. The first-order valence-electron chi connectivity index (χ1n) is 7.95. The van der Waals surface area contributed by atoms with Crippen molar-refractivity contribution in [2.75, 3.05) is 19.6 Å². The van der Waals surface area contributed by atoms with Gasteiger partial charge in [0.2, 0.25) is 5.95 Å². The van der Waals surface area contributed by atoms with E-state index in [1.807, 2.05) is 0 Å². The van der Waals surface area contributed by atoms with Gasteiger partial charge < -0.3 is 9.47 Å². The molecule has 0 fully saturated rings. The lowest BCUT2D eigenvalue weighted by Crippen LogP contribution is -2.15. The number of ether oxygens (including phenoxy) is 2. The number of H-pyrrole nitrogens is 1. The van der Waals surface area contributed by atoms with Crippen molar-refractivity contribution in [1.29, 1.82) is 0 Å². The predicted octanol–water partition coefficient (Wildman–Crippen LogP) is 3.60. The molecule has 0 aliphatic rings. The first-order valence-corrected chi connectivity index (χ1v) is 8.71. The quantitative estimate of drug-likeness (QED) is 0.467. The van der Waals surface area contributed by atoms with E-state index >= 15 is 0 Å². The Morgan fingerprint density at radius 2 is 1.75 bits per heavy atom. The number of hydrazone groups is 1. The number of benzene rings is 2. The molecule has 0 aliphatic heterocycles. The van der Waals surface area contributed by atoms with Crippen molar-refractivity contribution in [2.24, 2.45) is 5.10 Å². The van der Waals surface area contributed by atoms with E-state index in [0.717, 1.165) is 0 Å². The zero-order valence-corrected chi connectivity index (χ0v) is 16.4. The number of aromatic amines is 1. The van der Waals surface area contributed by atoms with Crippen LogP contribution in [-0.2, 0) is 0 Å². The average Bonchev–Trinajstić information content (AvgIpc) is 2.68. The summed E-state index contributed by atoms with van der Waals surface area (Å²) < 4.78 is 10.2. The molecular weight excluding hydrogens is 405 g/mol. The van der Waals surface area contributed by atoms with Crippen LogP contribution in [0.25, 0.3) is 11.3 Å². The van der Waals surface area contributed by atoms with Gasteiger partial charge in [-0.3, -0.25) is 9.78 Å². The highest BCUT2D eigenvalue weighted by atomic mass is 35.5. The first kappa shape index (κ1) is 19.7. The Morgan fingerprint density at radius 1 is 1.07 bits per heavy atom. The molecule has 2 aromatic carbocycles. The summed E-state index contributed by atoms with van der Waals surface area (Å²) >= 11 is 12.2. The SMILES string of the molecule is COc1ccc(-c2nnc(N/N=C/c3cc(Cl)c(OC)c(Cl)c3)[nH]c2=O)cc1. The Hall–Kier alpha value is -3.10. The summed E-state index contributed by atoms with van der Waals surface area (Å²) in [5, 5.41) is 12.6. The van der Waals surface area contributed by atoms with Gasteiger partial charge in [0.1, 0.15) is 5.75 Å². The third-order valence-electron chi connectivity index (χ3n) is 3.67. The highest BCUT2D eigenvalue weighted by Crippen LogP contribution is 2.33. The van der Waals surface area contributed by atoms with Gasteiger partial charge in [-0.2, -0.15) is 5.10 Å². The van der Waals surface area contributed by atoms with Crippen LogP contribution in [0.4, 0.5) is 5.95 Å². The number of hydrogen-bond acceptors (Lipinski definition) is 7. The number of anilines is 1. The molecule has 3 rings (SSSR count). The van der Waals surface area contributed by atoms with Crippen molar-refractivity contribution >= 4 is 35.4 Å². The van der Waals surface area contributed by atoms with Gasteiger partial charge in [-0.1, -0.05) is 23.2 Å². The number of halogens is 2. The molecule has 2 N–H and O–H groups in total. The van der Waals surface area contributed by atoms with E-state index in [2.05, 4.69) is 25.7 Å². The zero-order valence-electron chi connectivity index (χ0n) is 14.9. The van der Waals surface area contributed by atoms with Crippen LogP contribution in [0.3, 0.4) is 0 Å². The lowest BCUT2D eigenvalue weighted by atomic mass is 10.1. The number of aromatic nitrogens is 3. The van der Waals surface area contributed by atoms with Gasteiger partial charge in [-0.05, 0) is 42.0 Å². The van der Waals surface area contributed by atoms with Crippen molar-refractivity contribution < 1.29 is 9.47 Å². The maximum absolute atomic E-state index is 12.3. The molecule has 0 spiro atoms. The molecule has 0 saturated carbocycles. The third-order valence-corrected chi connectivity index (χ3v) is 4.23. The topological polar surface area (TPSA) is 101 Å². The fraction of sp³-hybridized carbons (Fsp3) is 0.111. The Bertz CT molecular complexity index is 1040. The van der Waals surface area contributed by atoms with Gasteiger partial charge in [-0.25, -0.2) is 5.43 Å². The lowest BCUT2D eigenvalue weighted by Gasteiger charge is -2.06. The number of rotatable bonds is 6.